The Morgan fingerprint density at radius 2 is 1.41 bits per heavy atom. The van der Waals surface area contributed by atoms with Gasteiger partial charge in [-0.25, -0.2) is 0 Å². The minimum Gasteiger partial charge on any atom is -0.330 e. The monoisotopic (exact) mass is 458 g/mol. The van der Waals surface area contributed by atoms with Gasteiger partial charge in [0.25, 0.3) is 0 Å². The summed E-state index contributed by atoms with van der Waals surface area (Å²) >= 11 is 3.61. The van der Waals surface area contributed by atoms with Gasteiger partial charge in [0.05, 0.1) is 0 Å². The molecule has 158 valence electrons. The summed E-state index contributed by atoms with van der Waals surface area (Å²) in [7, 11) is 0. The lowest BCUT2D eigenvalue weighted by Crippen LogP contribution is -2.47. The molecule has 2 aromatic carbocycles. The molecule has 1 heterocycles. The largest absolute Gasteiger partial charge is 0.330 e. The van der Waals surface area contributed by atoms with Crippen molar-refractivity contribution in [3.8, 4) is 0 Å². The first kappa shape index (κ1) is 22.4. The van der Waals surface area contributed by atoms with E-state index in [9.17, 15) is 0 Å². The summed E-state index contributed by atoms with van der Waals surface area (Å²) in [6.07, 6.45) is 2.33. The van der Waals surface area contributed by atoms with Crippen LogP contribution >= 0.6 is 15.9 Å². The quantitative estimate of drug-likeness (QED) is 0.555. The molecular weight excluding hydrogens is 424 g/mol. The first-order valence-corrected chi connectivity index (χ1v) is 11.7. The highest BCUT2D eigenvalue weighted by Crippen LogP contribution is 2.16. The lowest BCUT2D eigenvalue weighted by Gasteiger charge is -2.35. The average molecular weight is 459 g/mol. The Morgan fingerprint density at radius 3 is 2.07 bits per heavy atom. The van der Waals surface area contributed by atoms with Crippen molar-refractivity contribution < 1.29 is 0 Å². The number of benzene rings is 2. The van der Waals surface area contributed by atoms with Crippen LogP contribution in [0.3, 0.4) is 0 Å². The van der Waals surface area contributed by atoms with Gasteiger partial charge in [-0.1, -0.05) is 58.4 Å². The molecule has 1 saturated heterocycles. The highest BCUT2D eigenvalue weighted by molar-refractivity contribution is 9.10. The number of nitrogens with two attached hydrogens (primary N) is 1. The van der Waals surface area contributed by atoms with Crippen LogP contribution in [0.1, 0.15) is 24.0 Å². The number of rotatable bonds is 11. The van der Waals surface area contributed by atoms with E-state index in [-0.39, 0.29) is 0 Å². The standard InChI is InChI=1S/C24H35BrN4/c25-24-10-4-9-23(19-24)21-29(20-22-7-2-1-3-8-22)14-6-13-28-17-15-27(16-18-28)12-5-11-26/h1-4,7-10,19H,5-6,11-18,20-21,26H2. The number of halogens is 1. The third kappa shape index (κ3) is 8.19. The van der Waals surface area contributed by atoms with Gasteiger partial charge in [0.2, 0.25) is 0 Å². The summed E-state index contributed by atoms with van der Waals surface area (Å²) in [6.45, 7) is 11.0. The van der Waals surface area contributed by atoms with E-state index in [2.05, 4.69) is 85.2 Å². The van der Waals surface area contributed by atoms with Crippen LogP contribution in [0.5, 0.6) is 0 Å². The van der Waals surface area contributed by atoms with Crippen molar-refractivity contribution >= 4 is 15.9 Å². The van der Waals surface area contributed by atoms with Crippen molar-refractivity contribution in [3.63, 3.8) is 0 Å². The molecule has 5 heteroatoms. The van der Waals surface area contributed by atoms with Gasteiger partial charge in [-0.05, 0) is 55.7 Å². The van der Waals surface area contributed by atoms with Gasteiger partial charge in [-0.15, -0.1) is 0 Å². The van der Waals surface area contributed by atoms with Gasteiger partial charge in [0, 0.05) is 50.3 Å². The first-order valence-electron chi connectivity index (χ1n) is 10.9. The van der Waals surface area contributed by atoms with E-state index in [1.54, 1.807) is 0 Å². The Balaban J connectivity index is 1.48. The SMILES string of the molecule is NCCCN1CCN(CCCN(Cc2ccccc2)Cc2cccc(Br)c2)CC1. The zero-order valence-corrected chi connectivity index (χ0v) is 19.1. The van der Waals surface area contributed by atoms with Gasteiger partial charge in [-0.3, -0.25) is 4.90 Å². The number of piperazine rings is 1. The van der Waals surface area contributed by atoms with Crippen LogP contribution in [-0.2, 0) is 13.1 Å². The molecule has 0 atom stereocenters. The second-order valence-corrected chi connectivity index (χ2v) is 8.92. The van der Waals surface area contributed by atoms with Crippen molar-refractivity contribution in [1.82, 2.24) is 14.7 Å². The fourth-order valence-electron chi connectivity index (χ4n) is 4.02. The smallest absolute Gasteiger partial charge is 0.0237 e. The predicted octanol–water partition coefficient (Wildman–Crippen LogP) is 3.81. The maximum absolute atomic E-state index is 5.64. The van der Waals surface area contributed by atoms with Crippen LogP contribution in [0.4, 0.5) is 0 Å². The van der Waals surface area contributed by atoms with E-state index in [4.69, 9.17) is 5.73 Å². The summed E-state index contributed by atoms with van der Waals surface area (Å²) in [5, 5.41) is 0. The average Bonchev–Trinajstić information content (AvgIpc) is 2.74. The van der Waals surface area contributed by atoms with Crippen molar-refractivity contribution in [1.29, 1.82) is 0 Å². The third-order valence-corrected chi connectivity index (χ3v) is 6.13. The van der Waals surface area contributed by atoms with E-state index in [1.807, 2.05) is 0 Å². The van der Waals surface area contributed by atoms with Gasteiger partial charge in [0.15, 0.2) is 0 Å². The molecule has 2 N–H and O–H groups in total. The van der Waals surface area contributed by atoms with E-state index in [0.717, 1.165) is 43.6 Å². The van der Waals surface area contributed by atoms with E-state index < -0.39 is 0 Å². The molecule has 1 aliphatic rings. The third-order valence-electron chi connectivity index (χ3n) is 5.64. The molecule has 29 heavy (non-hydrogen) atoms. The molecule has 4 nitrogen and oxygen atoms in total. The van der Waals surface area contributed by atoms with Gasteiger partial charge < -0.3 is 15.5 Å². The molecule has 3 rings (SSSR count). The number of hydrogen-bond acceptors (Lipinski definition) is 4. The van der Waals surface area contributed by atoms with Crippen LogP contribution in [-0.4, -0.2) is 67.1 Å². The molecule has 0 amide bonds. The summed E-state index contributed by atoms with van der Waals surface area (Å²) < 4.78 is 1.15. The topological polar surface area (TPSA) is 35.7 Å². The Morgan fingerprint density at radius 1 is 0.793 bits per heavy atom. The first-order chi connectivity index (χ1) is 14.2. The molecular formula is C24H35BrN4. The second kappa shape index (κ2) is 12.5. The highest BCUT2D eigenvalue weighted by atomic mass is 79.9. The lowest BCUT2D eigenvalue weighted by atomic mass is 10.1. The molecule has 2 aromatic rings. The Labute approximate surface area is 184 Å². The Kier molecular flexibility index (Phi) is 9.64. The summed E-state index contributed by atoms with van der Waals surface area (Å²) in [6, 6.07) is 19.5. The number of hydrogen-bond donors (Lipinski definition) is 1. The summed E-state index contributed by atoms with van der Waals surface area (Å²) in [5.41, 5.74) is 8.39. The maximum Gasteiger partial charge on any atom is 0.0237 e. The summed E-state index contributed by atoms with van der Waals surface area (Å²) in [4.78, 5) is 7.76. The Bertz CT molecular complexity index is 701. The second-order valence-electron chi connectivity index (χ2n) is 8.01. The van der Waals surface area contributed by atoms with Gasteiger partial charge in [-0.2, -0.15) is 0 Å². The molecule has 1 aliphatic heterocycles. The van der Waals surface area contributed by atoms with Crippen LogP contribution < -0.4 is 5.73 Å². The highest BCUT2D eigenvalue weighted by Gasteiger charge is 2.16. The molecule has 0 aliphatic carbocycles. The molecule has 0 unspecified atom stereocenters. The molecule has 0 bridgehead atoms. The van der Waals surface area contributed by atoms with Crippen LogP contribution in [0.2, 0.25) is 0 Å². The van der Waals surface area contributed by atoms with Crippen LogP contribution in [0, 0.1) is 0 Å². The lowest BCUT2D eigenvalue weighted by molar-refractivity contribution is 0.125. The molecule has 0 radical (unpaired) electrons. The van der Waals surface area contributed by atoms with Crippen molar-refractivity contribution in [2.75, 3.05) is 52.4 Å². The number of nitrogens with zero attached hydrogens (tertiary/aromatic N) is 3. The fourth-order valence-corrected chi connectivity index (χ4v) is 4.47. The minimum absolute atomic E-state index is 0.801. The summed E-state index contributed by atoms with van der Waals surface area (Å²) in [5.74, 6) is 0. The van der Waals surface area contributed by atoms with Crippen molar-refractivity contribution in [2.45, 2.75) is 25.9 Å². The molecule has 0 aromatic heterocycles. The van der Waals surface area contributed by atoms with E-state index in [1.165, 1.54) is 50.3 Å². The Hall–Kier alpha value is -1.24. The van der Waals surface area contributed by atoms with Crippen LogP contribution in [0.15, 0.2) is 59.1 Å². The van der Waals surface area contributed by atoms with E-state index >= 15 is 0 Å². The molecule has 1 fully saturated rings. The van der Waals surface area contributed by atoms with Crippen molar-refractivity contribution in [3.05, 3.63) is 70.2 Å². The molecule has 0 spiro atoms. The zero-order chi connectivity index (χ0) is 20.3. The van der Waals surface area contributed by atoms with Crippen LogP contribution in [0.25, 0.3) is 0 Å². The minimum atomic E-state index is 0.801. The fraction of sp³-hybridized carbons (Fsp3) is 0.500. The normalized spacial score (nSPS) is 15.8. The zero-order valence-electron chi connectivity index (χ0n) is 17.5. The molecule has 0 saturated carbocycles. The predicted molar refractivity (Wildman–Crippen MR) is 126 cm³/mol. The van der Waals surface area contributed by atoms with Gasteiger partial charge in [0.1, 0.15) is 0 Å². The van der Waals surface area contributed by atoms with Gasteiger partial charge >= 0.3 is 0 Å². The maximum atomic E-state index is 5.64. The van der Waals surface area contributed by atoms with E-state index in [0.29, 0.717) is 0 Å². The van der Waals surface area contributed by atoms with Crippen molar-refractivity contribution in [2.24, 2.45) is 5.73 Å².